The highest BCUT2D eigenvalue weighted by Crippen LogP contribution is 2.18. The van der Waals surface area contributed by atoms with E-state index in [-0.39, 0.29) is 5.97 Å². The van der Waals surface area contributed by atoms with Crippen LogP contribution in [0.3, 0.4) is 0 Å². The van der Waals surface area contributed by atoms with Crippen molar-refractivity contribution in [2.45, 2.75) is 26.4 Å². The molecule has 0 aliphatic rings. The highest BCUT2D eigenvalue weighted by molar-refractivity contribution is 14.1. The largest absolute Gasteiger partial charge is 0.456 e. The van der Waals surface area contributed by atoms with Crippen molar-refractivity contribution in [1.82, 2.24) is 4.98 Å². The average Bonchev–Trinajstić information content (AvgIpc) is 2.25. The van der Waals surface area contributed by atoms with Gasteiger partial charge in [-0.15, -0.1) is 0 Å². The fraction of sp³-hybridized carbons (Fsp3) is 0.286. The molecule has 0 fully saturated rings. The number of hydrogen-bond acceptors (Lipinski definition) is 3. The number of pyridine rings is 1. The summed E-state index contributed by atoms with van der Waals surface area (Å²) in [5.41, 5.74) is 0.874. The molecule has 0 aliphatic heterocycles. The maximum absolute atomic E-state index is 11.9. The number of carbonyl (C=O) groups is 1. The molecule has 0 amide bonds. The molecule has 1 aromatic carbocycles. The molecule has 0 radical (unpaired) electrons. The number of benzene rings is 1. The summed E-state index contributed by atoms with van der Waals surface area (Å²) in [6.07, 6.45) is 1.56. The second-order valence-electron chi connectivity index (χ2n) is 5.06. The lowest BCUT2D eigenvalue weighted by molar-refractivity contribution is 0.00693. The molecular formula is C14H14INO2. The van der Waals surface area contributed by atoms with E-state index < -0.39 is 5.60 Å². The van der Waals surface area contributed by atoms with E-state index in [9.17, 15) is 4.79 Å². The molecule has 18 heavy (non-hydrogen) atoms. The Balaban J connectivity index is 2.37. The summed E-state index contributed by atoms with van der Waals surface area (Å²) in [6.45, 7) is 5.55. The van der Waals surface area contributed by atoms with Gasteiger partial charge in [-0.25, -0.2) is 4.79 Å². The smallest absolute Gasteiger partial charge is 0.340 e. The normalized spacial score (nSPS) is 11.6. The third kappa shape index (κ3) is 3.19. The zero-order valence-corrected chi connectivity index (χ0v) is 12.7. The standard InChI is InChI=1S/C14H14INO2/c1-14(2,3)18-13(17)10-6-9-7-11(15)4-5-12(9)16-8-10/h4-8H,1-3H3. The van der Waals surface area contributed by atoms with E-state index in [1.807, 2.05) is 45.0 Å². The summed E-state index contributed by atoms with van der Waals surface area (Å²) in [5.74, 6) is -0.337. The van der Waals surface area contributed by atoms with Gasteiger partial charge in [0.05, 0.1) is 11.1 Å². The number of nitrogens with zero attached hydrogens (tertiary/aromatic N) is 1. The zero-order chi connectivity index (χ0) is 13.3. The Morgan fingerprint density at radius 3 is 2.67 bits per heavy atom. The lowest BCUT2D eigenvalue weighted by atomic mass is 10.1. The fourth-order valence-electron chi connectivity index (χ4n) is 1.55. The number of ether oxygens (including phenoxy) is 1. The molecular weight excluding hydrogens is 341 g/mol. The van der Waals surface area contributed by atoms with Gasteiger partial charge in [0.15, 0.2) is 0 Å². The number of rotatable bonds is 1. The van der Waals surface area contributed by atoms with E-state index in [1.54, 1.807) is 6.20 Å². The van der Waals surface area contributed by atoms with Crippen molar-refractivity contribution < 1.29 is 9.53 Å². The molecule has 0 unspecified atom stereocenters. The molecule has 0 atom stereocenters. The van der Waals surface area contributed by atoms with E-state index in [4.69, 9.17) is 4.74 Å². The first-order valence-electron chi connectivity index (χ1n) is 5.64. The van der Waals surface area contributed by atoms with E-state index in [0.29, 0.717) is 5.56 Å². The molecule has 2 rings (SSSR count). The molecule has 0 bridgehead atoms. The van der Waals surface area contributed by atoms with Crippen LogP contribution in [0.4, 0.5) is 0 Å². The summed E-state index contributed by atoms with van der Waals surface area (Å²) >= 11 is 2.24. The number of esters is 1. The van der Waals surface area contributed by atoms with Crippen LogP contribution in [0, 0.1) is 3.57 Å². The number of halogens is 1. The van der Waals surface area contributed by atoms with Crippen LogP contribution in [0.2, 0.25) is 0 Å². The van der Waals surface area contributed by atoms with Gasteiger partial charge in [0.2, 0.25) is 0 Å². The third-order valence-corrected chi connectivity index (χ3v) is 2.95. The van der Waals surface area contributed by atoms with Crippen molar-refractivity contribution in [3.63, 3.8) is 0 Å². The van der Waals surface area contributed by atoms with Gasteiger partial charge in [0.1, 0.15) is 5.60 Å². The Bertz CT molecular complexity index is 602. The van der Waals surface area contributed by atoms with Gasteiger partial charge in [0.25, 0.3) is 0 Å². The molecule has 0 spiro atoms. The van der Waals surface area contributed by atoms with Gasteiger partial charge in [-0.1, -0.05) is 0 Å². The van der Waals surface area contributed by atoms with Gasteiger partial charge in [-0.05, 0) is 67.6 Å². The topological polar surface area (TPSA) is 39.2 Å². The lowest BCUT2D eigenvalue weighted by Gasteiger charge is -2.19. The summed E-state index contributed by atoms with van der Waals surface area (Å²) in [7, 11) is 0. The van der Waals surface area contributed by atoms with Crippen LogP contribution in [0.15, 0.2) is 30.5 Å². The quantitative estimate of drug-likeness (QED) is 0.577. The Morgan fingerprint density at radius 2 is 2.00 bits per heavy atom. The average molecular weight is 355 g/mol. The first-order chi connectivity index (χ1) is 8.35. The van der Waals surface area contributed by atoms with Gasteiger partial charge in [-0.2, -0.15) is 0 Å². The van der Waals surface area contributed by atoms with Crippen LogP contribution in [-0.2, 0) is 4.74 Å². The van der Waals surface area contributed by atoms with Gasteiger partial charge in [-0.3, -0.25) is 4.98 Å². The van der Waals surface area contributed by atoms with Crippen LogP contribution >= 0.6 is 22.6 Å². The van der Waals surface area contributed by atoms with Gasteiger partial charge >= 0.3 is 5.97 Å². The SMILES string of the molecule is CC(C)(C)OC(=O)c1cnc2ccc(I)cc2c1. The third-order valence-electron chi connectivity index (χ3n) is 2.28. The van der Waals surface area contributed by atoms with Crippen molar-refractivity contribution >= 4 is 39.5 Å². The van der Waals surface area contributed by atoms with Crippen LogP contribution in [0.1, 0.15) is 31.1 Å². The second-order valence-corrected chi connectivity index (χ2v) is 6.31. The van der Waals surface area contributed by atoms with Crippen molar-refractivity contribution in [3.8, 4) is 0 Å². The summed E-state index contributed by atoms with van der Waals surface area (Å²) in [4.78, 5) is 16.2. The van der Waals surface area contributed by atoms with Crippen molar-refractivity contribution in [3.05, 3.63) is 39.6 Å². The van der Waals surface area contributed by atoms with Crippen molar-refractivity contribution in [2.75, 3.05) is 0 Å². The molecule has 0 N–H and O–H groups in total. The summed E-state index contributed by atoms with van der Waals surface area (Å²) in [6, 6.07) is 7.74. The van der Waals surface area contributed by atoms with Gasteiger partial charge in [0, 0.05) is 15.2 Å². The fourth-order valence-corrected chi connectivity index (χ4v) is 2.07. The predicted molar refractivity (Wildman–Crippen MR) is 79.6 cm³/mol. The zero-order valence-electron chi connectivity index (χ0n) is 10.5. The van der Waals surface area contributed by atoms with E-state index in [0.717, 1.165) is 14.5 Å². The molecule has 0 saturated carbocycles. The van der Waals surface area contributed by atoms with Crippen LogP contribution in [0.25, 0.3) is 10.9 Å². The first kappa shape index (κ1) is 13.3. The maximum Gasteiger partial charge on any atom is 0.340 e. The minimum absolute atomic E-state index is 0.337. The Morgan fingerprint density at radius 1 is 1.28 bits per heavy atom. The number of aromatic nitrogens is 1. The minimum Gasteiger partial charge on any atom is -0.456 e. The van der Waals surface area contributed by atoms with Crippen molar-refractivity contribution in [2.24, 2.45) is 0 Å². The van der Waals surface area contributed by atoms with Crippen LogP contribution < -0.4 is 0 Å². The lowest BCUT2D eigenvalue weighted by Crippen LogP contribution is -2.23. The van der Waals surface area contributed by atoms with Crippen LogP contribution in [0.5, 0.6) is 0 Å². The Hall–Kier alpha value is -1.17. The molecule has 0 aliphatic carbocycles. The predicted octanol–water partition coefficient (Wildman–Crippen LogP) is 3.79. The number of carbonyl (C=O) groups excluding carboxylic acids is 1. The molecule has 2 aromatic rings. The maximum atomic E-state index is 11.9. The molecule has 94 valence electrons. The Labute approximate surface area is 120 Å². The first-order valence-corrected chi connectivity index (χ1v) is 6.72. The molecule has 4 heteroatoms. The number of hydrogen-bond donors (Lipinski definition) is 0. The summed E-state index contributed by atoms with van der Waals surface area (Å²) < 4.78 is 6.44. The van der Waals surface area contributed by atoms with Gasteiger partial charge < -0.3 is 4.74 Å². The van der Waals surface area contributed by atoms with E-state index in [1.165, 1.54) is 0 Å². The minimum atomic E-state index is -0.489. The highest BCUT2D eigenvalue weighted by Gasteiger charge is 2.18. The number of fused-ring (bicyclic) bond motifs is 1. The van der Waals surface area contributed by atoms with E-state index >= 15 is 0 Å². The molecule has 1 aromatic heterocycles. The molecule has 1 heterocycles. The second kappa shape index (κ2) is 4.84. The Kier molecular flexibility index (Phi) is 3.56. The molecule has 3 nitrogen and oxygen atoms in total. The van der Waals surface area contributed by atoms with E-state index in [2.05, 4.69) is 27.6 Å². The summed E-state index contributed by atoms with van der Waals surface area (Å²) in [5, 5.41) is 0.949. The van der Waals surface area contributed by atoms with Crippen LogP contribution in [-0.4, -0.2) is 16.6 Å². The molecule has 0 saturated heterocycles. The highest BCUT2D eigenvalue weighted by atomic mass is 127. The monoisotopic (exact) mass is 355 g/mol. The van der Waals surface area contributed by atoms with Crippen molar-refractivity contribution in [1.29, 1.82) is 0 Å².